The molecule has 7 heteroatoms. The molecular weight excluding hydrogens is 266 g/mol. The molecule has 0 spiro atoms. The second-order valence-electron chi connectivity index (χ2n) is 6.11. The molecule has 5 nitrogen and oxygen atoms in total. The highest BCUT2D eigenvalue weighted by molar-refractivity contribution is 6.74. The first kappa shape index (κ1) is 17.3. The molecule has 0 aliphatic carbocycles. The van der Waals surface area contributed by atoms with E-state index >= 15 is 0 Å². The van der Waals surface area contributed by atoms with Gasteiger partial charge in [-0.2, -0.15) is 0 Å². The lowest BCUT2D eigenvalue weighted by atomic mass is 10.3. The number of esters is 1. The largest absolute Gasteiger partial charge is 0.518 e. The second-order valence-corrected chi connectivity index (χ2v) is 15.3. The Kier molecular flexibility index (Phi) is 6.25. The first-order valence-corrected chi connectivity index (χ1v) is 13.0. The molecule has 0 saturated carbocycles. The van der Waals surface area contributed by atoms with Gasteiger partial charge in [0.2, 0.25) is 8.32 Å². The second kappa shape index (κ2) is 6.49. The van der Waals surface area contributed by atoms with Crippen LogP contribution in [0.15, 0.2) is 0 Å². The molecule has 0 amide bonds. The molecule has 0 bridgehead atoms. The lowest BCUT2D eigenvalue weighted by Gasteiger charge is -2.27. The standard InChI is InChI=1S/C11H25NO4Si2/c1-8-15-10(13)9(12-17(2,3)4)11(14)16-18(5,6)7/h9,12H,8H2,1-7H3. The highest BCUT2D eigenvalue weighted by Crippen LogP contribution is 2.08. The minimum absolute atomic E-state index is 0.253. The highest BCUT2D eigenvalue weighted by atomic mass is 28.4. The summed E-state index contributed by atoms with van der Waals surface area (Å²) in [6, 6.07) is -0.997. The summed E-state index contributed by atoms with van der Waals surface area (Å²) in [6.45, 7) is 13.7. The third-order valence-corrected chi connectivity index (χ3v) is 3.71. The van der Waals surface area contributed by atoms with Crippen LogP contribution in [-0.2, 0) is 18.8 Å². The molecule has 0 aromatic rings. The predicted molar refractivity (Wildman–Crippen MR) is 76.3 cm³/mol. The zero-order valence-corrected chi connectivity index (χ0v) is 14.4. The number of carbonyl (C=O) groups is 2. The molecule has 0 aromatic heterocycles. The normalized spacial score (nSPS) is 13.9. The van der Waals surface area contributed by atoms with Crippen molar-refractivity contribution in [1.29, 1.82) is 0 Å². The molecular formula is C11H25NO4Si2. The van der Waals surface area contributed by atoms with Crippen LogP contribution in [0.3, 0.4) is 0 Å². The number of hydrogen-bond donors (Lipinski definition) is 1. The summed E-state index contributed by atoms with van der Waals surface area (Å²) in [4.78, 5) is 26.9. The van der Waals surface area contributed by atoms with Gasteiger partial charge in [-0.3, -0.25) is 4.79 Å². The molecule has 0 aliphatic rings. The van der Waals surface area contributed by atoms with E-state index in [9.17, 15) is 9.59 Å². The molecule has 0 heterocycles. The molecule has 0 saturated heterocycles. The molecule has 106 valence electrons. The van der Waals surface area contributed by atoms with E-state index in [0.29, 0.717) is 0 Å². The Balaban J connectivity index is 4.86. The van der Waals surface area contributed by atoms with E-state index in [1.165, 1.54) is 0 Å². The monoisotopic (exact) mass is 291 g/mol. The Morgan fingerprint density at radius 3 is 1.89 bits per heavy atom. The number of carbonyl (C=O) groups excluding carboxylic acids is 2. The number of nitrogens with one attached hydrogen (secondary N) is 1. The molecule has 0 fully saturated rings. The molecule has 1 atom stereocenters. The Labute approximate surface area is 111 Å². The molecule has 1 N–H and O–H groups in total. The molecule has 18 heavy (non-hydrogen) atoms. The molecule has 0 rings (SSSR count). The molecule has 0 aromatic carbocycles. The smallest absolute Gasteiger partial charge is 0.334 e. The van der Waals surface area contributed by atoms with Crippen molar-refractivity contribution in [2.24, 2.45) is 0 Å². The van der Waals surface area contributed by atoms with Gasteiger partial charge in [0, 0.05) is 0 Å². The fourth-order valence-corrected chi connectivity index (χ4v) is 3.06. The zero-order valence-electron chi connectivity index (χ0n) is 12.4. The third-order valence-electron chi connectivity index (χ3n) is 1.74. The maximum atomic E-state index is 12.0. The van der Waals surface area contributed by atoms with Crippen molar-refractivity contribution in [1.82, 2.24) is 4.98 Å². The van der Waals surface area contributed by atoms with Crippen LogP contribution in [0.4, 0.5) is 0 Å². The van der Waals surface area contributed by atoms with Gasteiger partial charge in [-0.25, -0.2) is 4.79 Å². The fraction of sp³-hybridized carbons (Fsp3) is 0.818. The molecule has 0 radical (unpaired) electrons. The summed E-state index contributed by atoms with van der Waals surface area (Å²) in [6.07, 6.45) is 0. The summed E-state index contributed by atoms with van der Waals surface area (Å²) in [5.41, 5.74) is 0. The van der Waals surface area contributed by atoms with Crippen molar-refractivity contribution in [3.63, 3.8) is 0 Å². The van der Waals surface area contributed by atoms with Gasteiger partial charge in [-0.1, -0.05) is 19.6 Å². The Morgan fingerprint density at radius 1 is 1.06 bits per heavy atom. The summed E-state index contributed by atoms with van der Waals surface area (Å²) in [7, 11) is -3.80. The highest BCUT2D eigenvalue weighted by Gasteiger charge is 2.35. The van der Waals surface area contributed by atoms with Crippen LogP contribution >= 0.6 is 0 Å². The summed E-state index contributed by atoms with van der Waals surface area (Å²) in [5, 5.41) is 0. The van der Waals surface area contributed by atoms with Crippen molar-refractivity contribution in [2.75, 3.05) is 6.61 Å². The van der Waals surface area contributed by atoms with Crippen LogP contribution in [-0.4, -0.2) is 41.1 Å². The van der Waals surface area contributed by atoms with Crippen LogP contribution in [0.1, 0.15) is 6.92 Å². The van der Waals surface area contributed by atoms with Gasteiger partial charge < -0.3 is 14.1 Å². The minimum atomic E-state index is -2.01. The van der Waals surface area contributed by atoms with Gasteiger partial charge >= 0.3 is 11.9 Å². The van der Waals surface area contributed by atoms with E-state index in [1.54, 1.807) is 6.92 Å². The van der Waals surface area contributed by atoms with Crippen LogP contribution < -0.4 is 4.98 Å². The van der Waals surface area contributed by atoms with Crippen LogP contribution in [0.2, 0.25) is 39.3 Å². The number of ether oxygens (including phenoxy) is 1. The van der Waals surface area contributed by atoms with E-state index in [2.05, 4.69) is 4.98 Å². The van der Waals surface area contributed by atoms with Crippen LogP contribution in [0, 0.1) is 0 Å². The van der Waals surface area contributed by atoms with Gasteiger partial charge in [-0.05, 0) is 26.6 Å². The van der Waals surface area contributed by atoms with Crippen molar-refractivity contribution >= 4 is 28.5 Å². The number of rotatable bonds is 6. The minimum Gasteiger partial charge on any atom is -0.518 e. The van der Waals surface area contributed by atoms with E-state index in [-0.39, 0.29) is 6.61 Å². The lowest BCUT2D eigenvalue weighted by Crippen LogP contribution is -2.57. The SMILES string of the molecule is CCOC(=O)C(N[Si](C)(C)C)C(=O)O[Si](C)(C)C. The summed E-state index contributed by atoms with van der Waals surface area (Å²) in [5.74, 6) is -1.07. The third kappa shape index (κ3) is 7.62. The van der Waals surface area contributed by atoms with Gasteiger partial charge in [0.05, 0.1) is 6.61 Å². The quantitative estimate of drug-likeness (QED) is 0.458. The Bertz CT molecular complexity index is 307. The van der Waals surface area contributed by atoms with Crippen molar-refractivity contribution < 1.29 is 18.8 Å². The van der Waals surface area contributed by atoms with E-state index in [0.717, 1.165) is 0 Å². The topological polar surface area (TPSA) is 64.6 Å². The fourth-order valence-electron chi connectivity index (χ4n) is 1.23. The Hall–Kier alpha value is -0.666. The number of hydrogen-bond acceptors (Lipinski definition) is 5. The van der Waals surface area contributed by atoms with Gasteiger partial charge in [-0.15, -0.1) is 0 Å². The molecule has 1 unspecified atom stereocenters. The van der Waals surface area contributed by atoms with E-state index in [4.69, 9.17) is 9.16 Å². The zero-order chi connectivity index (χ0) is 14.6. The predicted octanol–water partition coefficient (Wildman–Crippen LogP) is 1.72. The first-order valence-electron chi connectivity index (χ1n) is 6.13. The van der Waals surface area contributed by atoms with Crippen molar-refractivity contribution in [2.45, 2.75) is 52.2 Å². The van der Waals surface area contributed by atoms with Crippen molar-refractivity contribution in [3.05, 3.63) is 0 Å². The van der Waals surface area contributed by atoms with Crippen LogP contribution in [0.5, 0.6) is 0 Å². The average Bonchev–Trinajstić information content (AvgIpc) is 2.10. The van der Waals surface area contributed by atoms with Gasteiger partial charge in [0.25, 0.3) is 0 Å². The van der Waals surface area contributed by atoms with E-state index < -0.39 is 34.5 Å². The lowest BCUT2D eigenvalue weighted by molar-refractivity contribution is -0.153. The first-order chi connectivity index (χ1) is 7.96. The average molecular weight is 291 g/mol. The van der Waals surface area contributed by atoms with E-state index in [1.807, 2.05) is 39.3 Å². The van der Waals surface area contributed by atoms with Crippen LogP contribution in [0.25, 0.3) is 0 Å². The summed E-state index contributed by atoms with van der Waals surface area (Å²) >= 11 is 0. The molecule has 0 aliphatic heterocycles. The van der Waals surface area contributed by atoms with Gasteiger partial charge in [0.15, 0.2) is 6.04 Å². The Morgan fingerprint density at radius 2 is 1.56 bits per heavy atom. The van der Waals surface area contributed by atoms with Gasteiger partial charge in [0.1, 0.15) is 8.24 Å². The van der Waals surface area contributed by atoms with Crippen molar-refractivity contribution in [3.8, 4) is 0 Å². The maximum Gasteiger partial charge on any atom is 0.334 e. The summed E-state index contributed by atoms with van der Waals surface area (Å²) < 4.78 is 10.3. The maximum absolute atomic E-state index is 12.0.